The lowest BCUT2D eigenvalue weighted by Gasteiger charge is -2.03. The minimum absolute atomic E-state index is 0.137. The van der Waals surface area contributed by atoms with Crippen molar-refractivity contribution in [3.63, 3.8) is 0 Å². The Morgan fingerprint density at radius 3 is 2.50 bits per heavy atom. The van der Waals surface area contributed by atoms with Crippen molar-refractivity contribution in [3.8, 4) is 0 Å². The summed E-state index contributed by atoms with van der Waals surface area (Å²) in [6.45, 7) is 0.735. The number of rotatable bonds is 7. The number of hydrogen-bond acceptors (Lipinski definition) is 2. The van der Waals surface area contributed by atoms with Crippen molar-refractivity contribution in [1.82, 2.24) is 0 Å². The van der Waals surface area contributed by atoms with E-state index in [0.29, 0.717) is 17.0 Å². The molecule has 2 nitrogen and oxygen atoms in total. The molecule has 0 saturated heterocycles. The molecule has 0 aliphatic rings. The first-order chi connectivity index (χ1) is 7.75. The molecule has 1 aromatic rings. The van der Waals surface area contributed by atoms with E-state index in [4.69, 9.17) is 17.3 Å². The summed E-state index contributed by atoms with van der Waals surface area (Å²) in [5.74, 6) is 0.137. The van der Waals surface area contributed by atoms with Gasteiger partial charge in [-0.05, 0) is 31.5 Å². The Kier molecular flexibility index (Phi) is 6.12. The summed E-state index contributed by atoms with van der Waals surface area (Å²) in [6.07, 6.45) is 4.71. The Hall–Kier alpha value is -0.860. The van der Waals surface area contributed by atoms with Crippen molar-refractivity contribution in [2.75, 3.05) is 6.54 Å². The third kappa shape index (κ3) is 4.33. The van der Waals surface area contributed by atoms with Crippen molar-refractivity contribution >= 4 is 17.4 Å². The first kappa shape index (κ1) is 13.2. The maximum Gasteiger partial charge on any atom is 0.164 e. The molecule has 0 unspecified atom stereocenters. The average molecular weight is 240 g/mol. The highest BCUT2D eigenvalue weighted by Gasteiger charge is 2.08. The molecule has 0 aliphatic heterocycles. The Bertz CT molecular complexity index is 338. The molecule has 1 rings (SSSR count). The number of carbonyl (C=O) groups is 1. The van der Waals surface area contributed by atoms with E-state index in [1.165, 1.54) is 0 Å². The second-order valence-electron chi connectivity index (χ2n) is 3.86. The number of benzene rings is 1. The number of hydrogen-bond donors (Lipinski definition) is 1. The number of carbonyl (C=O) groups excluding carboxylic acids is 1. The molecule has 0 fully saturated rings. The first-order valence-corrected chi connectivity index (χ1v) is 6.11. The van der Waals surface area contributed by atoms with Gasteiger partial charge in [0.15, 0.2) is 5.78 Å². The summed E-state index contributed by atoms with van der Waals surface area (Å²) in [7, 11) is 0. The van der Waals surface area contributed by atoms with E-state index in [2.05, 4.69) is 0 Å². The zero-order chi connectivity index (χ0) is 11.8. The van der Waals surface area contributed by atoms with Crippen molar-refractivity contribution in [2.45, 2.75) is 32.1 Å². The van der Waals surface area contributed by atoms with Gasteiger partial charge in [-0.25, -0.2) is 0 Å². The summed E-state index contributed by atoms with van der Waals surface area (Å²) in [5.41, 5.74) is 6.04. The molecule has 88 valence electrons. The van der Waals surface area contributed by atoms with Gasteiger partial charge < -0.3 is 5.73 Å². The lowest BCUT2D eigenvalue weighted by molar-refractivity contribution is 0.0979. The van der Waals surface area contributed by atoms with Gasteiger partial charge in [0, 0.05) is 12.0 Å². The predicted octanol–water partition coefficient (Wildman–Crippen LogP) is 3.43. The Morgan fingerprint density at radius 1 is 1.12 bits per heavy atom. The van der Waals surface area contributed by atoms with E-state index in [-0.39, 0.29) is 5.78 Å². The van der Waals surface area contributed by atoms with Crippen LogP contribution in [0.3, 0.4) is 0 Å². The summed E-state index contributed by atoms with van der Waals surface area (Å²) in [5, 5.41) is 0.550. The van der Waals surface area contributed by atoms with Gasteiger partial charge in [0.25, 0.3) is 0 Å². The maximum absolute atomic E-state index is 11.8. The molecular formula is C13H18ClNO. The second-order valence-corrected chi connectivity index (χ2v) is 4.26. The fraction of sp³-hybridized carbons (Fsp3) is 0.462. The highest BCUT2D eigenvalue weighted by Crippen LogP contribution is 2.18. The van der Waals surface area contributed by atoms with Crippen LogP contribution < -0.4 is 5.73 Å². The molecule has 16 heavy (non-hydrogen) atoms. The van der Waals surface area contributed by atoms with Crippen LogP contribution in [-0.4, -0.2) is 12.3 Å². The Labute approximate surface area is 102 Å². The van der Waals surface area contributed by atoms with Crippen LogP contribution in [0.25, 0.3) is 0 Å². The standard InChI is InChI=1S/C13H18ClNO/c14-12-8-5-4-7-11(12)13(16)9-3-1-2-6-10-15/h4-5,7-8H,1-3,6,9-10,15H2. The molecule has 0 radical (unpaired) electrons. The number of ketones is 1. The molecule has 0 spiro atoms. The van der Waals surface area contributed by atoms with Crippen molar-refractivity contribution in [1.29, 1.82) is 0 Å². The molecule has 3 heteroatoms. The van der Waals surface area contributed by atoms with Crippen LogP contribution in [-0.2, 0) is 0 Å². The van der Waals surface area contributed by atoms with Gasteiger partial charge in [0.2, 0.25) is 0 Å². The summed E-state index contributed by atoms with van der Waals surface area (Å²) in [6, 6.07) is 7.21. The molecular weight excluding hydrogens is 222 g/mol. The van der Waals surface area contributed by atoms with E-state index in [0.717, 1.165) is 32.2 Å². The molecule has 0 amide bonds. The summed E-state index contributed by atoms with van der Waals surface area (Å²) in [4.78, 5) is 11.8. The normalized spacial score (nSPS) is 10.4. The minimum Gasteiger partial charge on any atom is -0.330 e. The van der Waals surface area contributed by atoms with E-state index in [1.54, 1.807) is 12.1 Å². The van der Waals surface area contributed by atoms with Gasteiger partial charge in [0.05, 0.1) is 5.02 Å². The van der Waals surface area contributed by atoms with Crippen LogP contribution in [0.2, 0.25) is 5.02 Å². The lowest BCUT2D eigenvalue weighted by atomic mass is 10.0. The predicted molar refractivity (Wildman–Crippen MR) is 67.9 cm³/mol. The molecule has 0 aromatic heterocycles. The number of halogens is 1. The zero-order valence-corrected chi connectivity index (χ0v) is 10.2. The molecule has 2 N–H and O–H groups in total. The largest absolute Gasteiger partial charge is 0.330 e. The molecule has 0 heterocycles. The minimum atomic E-state index is 0.137. The quantitative estimate of drug-likeness (QED) is 0.585. The van der Waals surface area contributed by atoms with Gasteiger partial charge in [-0.15, -0.1) is 0 Å². The van der Waals surface area contributed by atoms with Gasteiger partial charge >= 0.3 is 0 Å². The molecule has 0 aliphatic carbocycles. The van der Waals surface area contributed by atoms with Crippen molar-refractivity contribution < 1.29 is 4.79 Å². The molecule has 0 bridgehead atoms. The van der Waals surface area contributed by atoms with Crippen LogP contribution in [0.15, 0.2) is 24.3 Å². The fourth-order valence-electron chi connectivity index (χ4n) is 1.61. The van der Waals surface area contributed by atoms with Gasteiger partial charge in [-0.1, -0.05) is 36.6 Å². The van der Waals surface area contributed by atoms with E-state index in [1.807, 2.05) is 12.1 Å². The third-order valence-electron chi connectivity index (χ3n) is 2.53. The Balaban J connectivity index is 2.33. The summed E-state index contributed by atoms with van der Waals surface area (Å²) >= 11 is 5.94. The lowest BCUT2D eigenvalue weighted by Crippen LogP contribution is -2.01. The van der Waals surface area contributed by atoms with Crippen LogP contribution in [0.5, 0.6) is 0 Å². The van der Waals surface area contributed by atoms with Crippen LogP contribution in [0.1, 0.15) is 42.5 Å². The van der Waals surface area contributed by atoms with Crippen LogP contribution >= 0.6 is 11.6 Å². The zero-order valence-electron chi connectivity index (χ0n) is 9.42. The molecule has 1 aromatic carbocycles. The van der Waals surface area contributed by atoms with Gasteiger partial charge in [-0.3, -0.25) is 4.79 Å². The highest BCUT2D eigenvalue weighted by atomic mass is 35.5. The van der Waals surface area contributed by atoms with Crippen LogP contribution in [0.4, 0.5) is 0 Å². The second kappa shape index (κ2) is 7.42. The highest BCUT2D eigenvalue weighted by molar-refractivity contribution is 6.33. The topological polar surface area (TPSA) is 43.1 Å². The van der Waals surface area contributed by atoms with Crippen molar-refractivity contribution in [3.05, 3.63) is 34.9 Å². The molecule has 0 atom stereocenters. The van der Waals surface area contributed by atoms with Gasteiger partial charge in [0.1, 0.15) is 0 Å². The monoisotopic (exact) mass is 239 g/mol. The fourth-order valence-corrected chi connectivity index (χ4v) is 1.85. The number of nitrogens with two attached hydrogens (primary N) is 1. The van der Waals surface area contributed by atoms with Gasteiger partial charge in [-0.2, -0.15) is 0 Å². The smallest absolute Gasteiger partial charge is 0.164 e. The summed E-state index contributed by atoms with van der Waals surface area (Å²) < 4.78 is 0. The van der Waals surface area contributed by atoms with E-state index < -0.39 is 0 Å². The first-order valence-electron chi connectivity index (χ1n) is 5.73. The average Bonchev–Trinajstić information content (AvgIpc) is 2.29. The van der Waals surface area contributed by atoms with Crippen LogP contribution in [0, 0.1) is 0 Å². The SMILES string of the molecule is NCCCCCCC(=O)c1ccccc1Cl. The third-order valence-corrected chi connectivity index (χ3v) is 2.86. The Morgan fingerprint density at radius 2 is 1.81 bits per heavy atom. The number of Topliss-reactive ketones (excluding diaryl/α,β-unsaturated/α-hetero) is 1. The number of unbranched alkanes of at least 4 members (excludes halogenated alkanes) is 3. The van der Waals surface area contributed by atoms with Crippen molar-refractivity contribution in [2.24, 2.45) is 5.73 Å². The van der Waals surface area contributed by atoms with E-state index >= 15 is 0 Å². The maximum atomic E-state index is 11.8. The van der Waals surface area contributed by atoms with E-state index in [9.17, 15) is 4.79 Å². The molecule has 0 saturated carbocycles.